The molecule has 0 aliphatic heterocycles. The second kappa shape index (κ2) is 4.11. The summed E-state index contributed by atoms with van der Waals surface area (Å²) >= 11 is 5.55. The van der Waals surface area contributed by atoms with Crippen LogP contribution in [0.15, 0.2) is 6.07 Å². The van der Waals surface area contributed by atoms with E-state index in [1.807, 2.05) is 0 Å². The van der Waals surface area contributed by atoms with E-state index in [1.165, 1.54) is 0 Å². The first-order valence-corrected chi connectivity index (χ1v) is 4.12. The number of anilines is 1. The molecule has 0 unspecified atom stereocenters. The summed E-state index contributed by atoms with van der Waals surface area (Å²) < 4.78 is 39.6. The fourth-order valence-corrected chi connectivity index (χ4v) is 1.20. The van der Waals surface area contributed by atoms with Crippen LogP contribution in [0.5, 0.6) is 5.75 Å². The zero-order valence-electron chi connectivity index (χ0n) is 7.31. The molecule has 0 saturated carbocycles. The minimum atomic E-state index is -4.82. The van der Waals surface area contributed by atoms with E-state index in [0.717, 1.165) is 6.07 Å². The lowest BCUT2D eigenvalue weighted by molar-refractivity contribution is -0.274. The highest BCUT2D eigenvalue weighted by Crippen LogP contribution is 2.31. The van der Waals surface area contributed by atoms with Gasteiger partial charge in [-0.15, -0.1) is 13.2 Å². The Bertz CT molecular complexity index is 369. The number of aromatic nitrogens is 1. The van der Waals surface area contributed by atoms with Crippen molar-refractivity contribution in [3.8, 4) is 5.75 Å². The molecule has 0 spiro atoms. The van der Waals surface area contributed by atoms with Crippen molar-refractivity contribution >= 4 is 17.4 Å². The molecule has 0 aromatic carbocycles. The van der Waals surface area contributed by atoms with Crippen molar-refractivity contribution in [2.75, 3.05) is 5.73 Å². The molecule has 0 aliphatic carbocycles. The number of hydrogen-bond donors (Lipinski definition) is 2. The first kappa shape index (κ1) is 11.9. The van der Waals surface area contributed by atoms with Gasteiger partial charge in [0.05, 0.1) is 0 Å². The number of alkyl halides is 3. The standard InChI is InChI=1S/C7H7ClF3N3O/c8-6-3(2-12)4(1-5(13)14-6)15-7(9,10)11/h1H,2,12H2,(H2,13,14). The zero-order valence-corrected chi connectivity index (χ0v) is 8.06. The Morgan fingerprint density at radius 2 is 2.07 bits per heavy atom. The Labute approximate surface area is 88.0 Å². The van der Waals surface area contributed by atoms with Crippen LogP contribution >= 0.6 is 11.6 Å². The van der Waals surface area contributed by atoms with Gasteiger partial charge in [0.2, 0.25) is 0 Å². The Hall–Kier alpha value is -1.21. The van der Waals surface area contributed by atoms with Crippen molar-refractivity contribution in [1.82, 2.24) is 4.98 Å². The quantitative estimate of drug-likeness (QED) is 0.773. The normalized spacial score (nSPS) is 11.5. The highest BCUT2D eigenvalue weighted by Gasteiger charge is 2.32. The van der Waals surface area contributed by atoms with E-state index in [0.29, 0.717) is 0 Å². The lowest BCUT2D eigenvalue weighted by atomic mass is 10.2. The van der Waals surface area contributed by atoms with Crippen LogP contribution in [0.25, 0.3) is 0 Å². The summed E-state index contributed by atoms with van der Waals surface area (Å²) in [7, 11) is 0. The molecule has 0 fully saturated rings. The molecule has 8 heteroatoms. The van der Waals surface area contributed by atoms with Gasteiger partial charge in [0.1, 0.15) is 16.7 Å². The minimum absolute atomic E-state index is 0.0387. The second-order valence-corrected chi connectivity index (χ2v) is 2.92. The van der Waals surface area contributed by atoms with Gasteiger partial charge in [-0.1, -0.05) is 11.6 Å². The van der Waals surface area contributed by atoms with Crippen LogP contribution in [0.4, 0.5) is 19.0 Å². The molecule has 4 nitrogen and oxygen atoms in total. The summed E-state index contributed by atoms with van der Waals surface area (Å²) in [4.78, 5) is 3.55. The predicted octanol–water partition coefficient (Wildman–Crippen LogP) is 1.67. The van der Waals surface area contributed by atoms with Crippen molar-refractivity contribution in [3.63, 3.8) is 0 Å². The topological polar surface area (TPSA) is 74.2 Å². The number of hydrogen-bond acceptors (Lipinski definition) is 4. The van der Waals surface area contributed by atoms with Crippen LogP contribution in [0.2, 0.25) is 5.15 Å². The molecule has 0 bridgehead atoms. The van der Waals surface area contributed by atoms with E-state index >= 15 is 0 Å². The molecule has 1 rings (SSSR count). The maximum Gasteiger partial charge on any atom is 0.573 e. The van der Waals surface area contributed by atoms with E-state index in [-0.39, 0.29) is 23.1 Å². The molecule has 0 aliphatic rings. The maximum atomic E-state index is 12.0. The van der Waals surface area contributed by atoms with Gasteiger partial charge in [0.25, 0.3) is 0 Å². The van der Waals surface area contributed by atoms with Crippen LogP contribution < -0.4 is 16.2 Å². The molecule has 0 saturated heterocycles. The SMILES string of the molecule is NCc1c(OC(F)(F)F)cc(N)nc1Cl. The van der Waals surface area contributed by atoms with E-state index in [1.54, 1.807) is 0 Å². The lowest BCUT2D eigenvalue weighted by Crippen LogP contribution is -2.19. The van der Waals surface area contributed by atoms with E-state index in [4.69, 9.17) is 23.1 Å². The number of rotatable bonds is 2. The molecule has 1 heterocycles. The Morgan fingerprint density at radius 1 is 1.47 bits per heavy atom. The Balaban J connectivity index is 3.15. The van der Waals surface area contributed by atoms with Gasteiger partial charge >= 0.3 is 6.36 Å². The number of ether oxygens (including phenoxy) is 1. The highest BCUT2D eigenvalue weighted by molar-refractivity contribution is 6.30. The fourth-order valence-electron chi connectivity index (χ4n) is 0.937. The molecule has 1 aromatic rings. The second-order valence-electron chi connectivity index (χ2n) is 2.57. The molecule has 4 N–H and O–H groups in total. The highest BCUT2D eigenvalue weighted by atomic mass is 35.5. The first-order chi connectivity index (χ1) is 6.83. The maximum absolute atomic E-state index is 12.0. The van der Waals surface area contributed by atoms with Crippen LogP contribution in [0.1, 0.15) is 5.56 Å². The smallest absolute Gasteiger partial charge is 0.405 e. The van der Waals surface area contributed by atoms with Gasteiger partial charge in [-0.25, -0.2) is 4.98 Å². The third-order valence-corrected chi connectivity index (χ3v) is 1.80. The molecule has 0 atom stereocenters. The summed E-state index contributed by atoms with van der Waals surface area (Å²) in [5.74, 6) is -0.695. The molecular weight excluding hydrogens is 235 g/mol. The van der Waals surface area contributed by atoms with Gasteiger partial charge in [-0.2, -0.15) is 0 Å². The zero-order chi connectivity index (χ0) is 11.6. The molecule has 1 aromatic heterocycles. The number of nitrogens with two attached hydrogens (primary N) is 2. The van der Waals surface area contributed by atoms with Crippen molar-refractivity contribution < 1.29 is 17.9 Å². The van der Waals surface area contributed by atoms with Crippen LogP contribution in [-0.2, 0) is 6.54 Å². The van der Waals surface area contributed by atoms with E-state index in [9.17, 15) is 13.2 Å². The van der Waals surface area contributed by atoms with Gasteiger partial charge in [-0.05, 0) is 0 Å². The van der Waals surface area contributed by atoms with Gasteiger partial charge in [-0.3, -0.25) is 0 Å². The number of pyridine rings is 1. The number of nitrogens with zero attached hydrogens (tertiary/aromatic N) is 1. The molecule has 15 heavy (non-hydrogen) atoms. The summed E-state index contributed by atoms with van der Waals surface area (Å²) in [6.07, 6.45) is -4.82. The Kier molecular flexibility index (Phi) is 3.25. The average molecular weight is 242 g/mol. The van der Waals surface area contributed by atoms with Gasteiger partial charge in [0, 0.05) is 18.2 Å². The van der Waals surface area contributed by atoms with Crippen molar-refractivity contribution in [2.45, 2.75) is 12.9 Å². The summed E-state index contributed by atoms with van der Waals surface area (Å²) in [6, 6.07) is 0.918. The van der Waals surface area contributed by atoms with Crippen molar-refractivity contribution in [3.05, 3.63) is 16.8 Å². The third kappa shape index (κ3) is 3.14. The minimum Gasteiger partial charge on any atom is -0.405 e. The van der Waals surface area contributed by atoms with E-state index in [2.05, 4.69) is 9.72 Å². The van der Waals surface area contributed by atoms with Gasteiger partial charge < -0.3 is 16.2 Å². The van der Waals surface area contributed by atoms with Crippen molar-refractivity contribution in [1.29, 1.82) is 0 Å². The monoisotopic (exact) mass is 241 g/mol. The average Bonchev–Trinajstić information content (AvgIpc) is 1.99. The first-order valence-electron chi connectivity index (χ1n) is 3.74. The van der Waals surface area contributed by atoms with Crippen molar-refractivity contribution in [2.24, 2.45) is 5.73 Å². The summed E-state index contributed by atoms with van der Waals surface area (Å²) in [6.45, 7) is -0.225. The van der Waals surface area contributed by atoms with Crippen LogP contribution in [-0.4, -0.2) is 11.3 Å². The van der Waals surface area contributed by atoms with Crippen LogP contribution in [0.3, 0.4) is 0 Å². The van der Waals surface area contributed by atoms with Gasteiger partial charge in [0.15, 0.2) is 0 Å². The lowest BCUT2D eigenvalue weighted by Gasteiger charge is -2.13. The predicted molar refractivity (Wildman–Crippen MR) is 48.2 cm³/mol. The molecular formula is C7H7ClF3N3O. The molecule has 84 valence electrons. The number of nitrogen functional groups attached to an aromatic ring is 1. The summed E-state index contributed by atoms with van der Waals surface area (Å²) in [5, 5.41) is -0.197. The van der Waals surface area contributed by atoms with Crippen LogP contribution in [0, 0.1) is 0 Å². The summed E-state index contributed by atoms with van der Waals surface area (Å²) in [5.41, 5.74) is 10.4. The molecule has 0 amide bonds. The third-order valence-electron chi connectivity index (χ3n) is 1.48. The Morgan fingerprint density at radius 3 is 2.53 bits per heavy atom. The fraction of sp³-hybridized carbons (Fsp3) is 0.286. The largest absolute Gasteiger partial charge is 0.573 e. The number of halogens is 4. The molecule has 0 radical (unpaired) electrons. The van der Waals surface area contributed by atoms with E-state index < -0.39 is 12.1 Å².